The highest BCUT2D eigenvalue weighted by atomic mass is 32.2. The number of rotatable bonds is 6. The van der Waals surface area contributed by atoms with Gasteiger partial charge in [-0.2, -0.15) is 4.98 Å². The average Bonchev–Trinajstić information content (AvgIpc) is 3.30. The first-order valence-electron chi connectivity index (χ1n) is 12.0. The fourth-order valence-electron chi connectivity index (χ4n) is 4.79. The van der Waals surface area contributed by atoms with Crippen LogP contribution >= 0.6 is 0 Å². The molecule has 186 valence electrons. The predicted molar refractivity (Wildman–Crippen MR) is 131 cm³/mol. The van der Waals surface area contributed by atoms with Crippen LogP contribution in [0.25, 0.3) is 11.5 Å². The van der Waals surface area contributed by atoms with Gasteiger partial charge in [0.25, 0.3) is 0 Å². The lowest BCUT2D eigenvalue weighted by atomic mass is 9.92. The molecule has 1 aromatic heterocycles. The standard InChI is InChI=1S/C26H30N2O6S/c1-4-31-20-7-5-19(6-8-20)24-27-25(26(34-24)28-15-17(2)13-18(3)16-28)35(29,30)21-9-10-22-23(14-21)33-12-11-32-22/h5-10,14,17-18H,4,11-13,15-16H2,1-3H3. The van der Waals surface area contributed by atoms with Crippen molar-refractivity contribution in [3.8, 4) is 28.7 Å². The maximum atomic E-state index is 13.9. The molecule has 8 nitrogen and oxygen atoms in total. The van der Waals surface area contributed by atoms with Crippen LogP contribution in [0.5, 0.6) is 17.2 Å². The summed E-state index contributed by atoms with van der Waals surface area (Å²) in [6.07, 6.45) is 1.08. The van der Waals surface area contributed by atoms with E-state index in [4.69, 9.17) is 18.6 Å². The molecule has 1 saturated heterocycles. The Morgan fingerprint density at radius 2 is 1.69 bits per heavy atom. The number of fused-ring (bicyclic) bond motifs is 1. The quantitative estimate of drug-likeness (QED) is 0.477. The third-order valence-electron chi connectivity index (χ3n) is 6.23. The Kier molecular flexibility index (Phi) is 6.35. The fraction of sp³-hybridized carbons (Fsp3) is 0.423. The summed E-state index contributed by atoms with van der Waals surface area (Å²) >= 11 is 0. The van der Waals surface area contributed by atoms with Crippen LogP contribution in [0.2, 0.25) is 0 Å². The molecule has 0 saturated carbocycles. The number of oxazole rings is 1. The number of ether oxygens (including phenoxy) is 3. The summed E-state index contributed by atoms with van der Waals surface area (Å²) < 4.78 is 50.6. The van der Waals surface area contributed by atoms with Gasteiger partial charge < -0.3 is 23.5 Å². The highest BCUT2D eigenvalue weighted by Gasteiger charge is 2.35. The van der Waals surface area contributed by atoms with Gasteiger partial charge in [0.15, 0.2) is 11.5 Å². The molecule has 5 rings (SSSR count). The number of hydrogen-bond donors (Lipinski definition) is 0. The molecular formula is C26H30N2O6S. The summed E-state index contributed by atoms with van der Waals surface area (Å²) in [5, 5.41) is -0.0839. The largest absolute Gasteiger partial charge is 0.494 e. The van der Waals surface area contributed by atoms with Crippen molar-refractivity contribution in [3.05, 3.63) is 42.5 Å². The van der Waals surface area contributed by atoms with Gasteiger partial charge in [0, 0.05) is 24.7 Å². The van der Waals surface area contributed by atoms with E-state index in [1.165, 1.54) is 12.1 Å². The minimum atomic E-state index is -4.00. The lowest BCUT2D eigenvalue weighted by Crippen LogP contribution is -2.39. The van der Waals surface area contributed by atoms with Gasteiger partial charge in [-0.15, -0.1) is 0 Å². The van der Waals surface area contributed by atoms with E-state index in [1.54, 1.807) is 6.07 Å². The number of anilines is 1. The van der Waals surface area contributed by atoms with Crippen LogP contribution in [-0.2, 0) is 9.84 Å². The Hall–Kier alpha value is -3.20. The molecule has 35 heavy (non-hydrogen) atoms. The average molecular weight is 499 g/mol. The lowest BCUT2D eigenvalue weighted by molar-refractivity contribution is 0.171. The van der Waals surface area contributed by atoms with Crippen LogP contribution in [0, 0.1) is 11.8 Å². The summed E-state index contributed by atoms with van der Waals surface area (Å²) in [5.74, 6) is 3.02. The van der Waals surface area contributed by atoms with Crippen LogP contribution in [0.3, 0.4) is 0 Å². The molecule has 1 fully saturated rings. The highest BCUT2D eigenvalue weighted by molar-refractivity contribution is 7.91. The van der Waals surface area contributed by atoms with Gasteiger partial charge >= 0.3 is 0 Å². The maximum absolute atomic E-state index is 13.9. The maximum Gasteiger partial charge on any atom is 0.236 e. The zero-order chi connectivity index (χ0) is 24.6. The van der Waals surface area contributed by atoms with E-state index in [0.29, 0.717) is 61.8 Å². The second kappa shape index (κ2) is 9.45. The van der Waals surface area contributed by atoms with Crippen molar-refractivity contribution in [1.29, 1.82) is 0 Å². The number of hydrogen-bond acceptors (Lipinski definition) is 8. The molecule has 2 unspecified atom stereocenters. The van der Waals surface area contributed by atoms with Crippen LogP contribution in [0.1, 0.15) is 27.2 Å². The first kappa shape index (κ1) is 23.5. The molecule has 0 N–H and O–H groups in total. The van der Waals surface area contributed by atoms with Gasteiger partial charge in [-0.3, -0.25) is 0 Å². The molecule has 0 bridgehead atoms. The third kappa shape index (κ3) is 4.69. The number of piperidine rings is 1. The SMILES string of the molecule is CCOc1ccc(-c2nc(S(=O)(=O)c3ccc4c(c3)OCCO4)c(N3CC(C)CC(C)C3)o2)cc1. The van der Waals surface area contributed by atoms with Crippen molar-refractivity contribution in [2.24, 2.45) is 11.8 Å². The number of nitrogens with zero attached hydrogens (tertiary/aromatic N) is 2. The molecule has 3 aromatic rings. The third-order valence-corrected chi connectivity index (χ3v) is 7.88. The van der Waals surface area contributed by atoms with Gasteiger partial charge in [-0.1, -0.05) is 13.8 Å². The summed E-state index contributed by atoms with van der Waals surface area (Å²) in [5.41, 5.74) is 0.677. The molecule has 2 atom stereocenters. The Morgan fingerprint density at radius 3 is 2.37 bits per heavy atom. The Bertz CT molecular complexity index is 1290. The predicted octanol–water partition coefficient (Wildman–Crippen LogP) is 4.83. The Labute approximate surface area is 205 Å². The van der Waals surface area contributed by atoms with E-state index < -0.39 is 9.84 Å². The van der Waals surface area contributed by atoms with Crippen LogP contribution < -0.4 is 19.1 Å². The number of aromatic nitrogens is 1. The van der Waals surface area contributed by atoms with Crippen LogP contribution in [0.15, 0.2) is 56.8 Å². The molecule has 9 heteroatoms. The van der Waals surface area contributed by atoms with Gasteiger partial charge in [0.2, 0.25) is 26.6 Å². The molecule has 0 amide bonds. The van der Waals surface area contributed by atoms with E-state index >= 15 is 0 Å². The Balaban J connectivity index is 1.59. The zero-order valence-electron chi connectivity index (χ0n) is 20.2. The molecule has 0 spiro atoms. The summed E-state index contributed by atoms with van der Waals surface area (Å²) in [6.45, 7) is 9.02. The molecule has 2 aliphatic heterocycles. The number of benzene rings is 2. The Morgan fingerprint density at radius 1 is 1.00 bits per heavy atom. The minimum Gasteiger partial charge on any atom is -0.494 e. The topological polar surface area (TPSA) is 91.1 Å². The van der Waals surface area contributed by atoms with E-state index in [2.05, 4.69) is 18.8 Å². The first-order chi connectivity index (χ1) is 16.8. The minimum absolute atomic E-state index is 0.0839. The van der Waals surface area contributed by atoms with Gasteiger partial charge in [-0.05, 0) is 61.6 Å². The highest BCUT2D eigenvalue weighted by Crippen LogP contribution is 2.40. The van der Waals surface area contributed by atoms with Gasteiger partial charge in [0.1, 0.15) is 19.0 Å². The van der Waals surface area contributed by atoms with Crippen LogP contribution in [-0.4, -0.2) is 46.3 Å². The van der Waals surface area contributed by atoms with Crippen molar-refractivity contribution in [2.45, 2.75) is 37.1 Å². The monoisotopic (exact) mass is 498 g/mol. The van der Waals surface area contributed by atoms with Gasteiger partial charge in [0.05, 0.1) is 11.5 Å². The normalized spacial score (nSPS) is 20.0. The first-order valence-corrected chi connectivity index (χ1v) is 13.5. The molecular weight excluding hydrogens is 468 g/mol. The number of sulfone groups is 1. The zero-order valence-corrected chi connectivity index (χ0v) is 21.0. The molecule has 2 aromatic carbocycles. The molecule has 0 aliphatic carbocycles. The van der Waals surface area contributed by atoms with Gasteiger partial charge in [-0.25, -0.2) is 8.42 Å². The smallest absolute Gasteiger partial charge is 0.236 e. The second-order valence-corrected chi connectivity index (χ2v) is 11.1. The van der Waals surface area contributed by atoms with Crippen molar-refractivity contribution < 1.29 is 27.0 Å². The molecule has 0 radical (unpaired) electrons. The molecule has 2 aliphatic rings. The van der Waals surface area contributed by atoms with E-state index in [-0.39, 0.29) is 21.7 Å². The van der Waals surface area contributed by atoms with E-state index in [9.17, 15) is 8.42 Å². The molecule has 3 heterocycles. The van der Waals surface area contributed by atoms with E-state index in [1.807, 2.05) is 36.1 Å². The van der Waals surface area contributed by atoms with Crippen molar-refractivity contribution in [1.82, 2.24) is 4.98 Å². The van der Waals surface area contributed by atoms with Crippen molar-refractivity contribution in [2.75, 3.05) is 37.8 Å². The van der Waals surface area contributed by atoms with Crippen LogP contribution in [0.4, 0.5) is 5.88 Å². The summed E-state index contributed by atoms with van der Waals surface area (Å²) in [7, 11) is -4.00. The van der Waals surface area contributed by atoms with Crippen molar-refractivity contribution in [3.63, 3.8) is 0 Å². The summed E-state index contributed by atoms with van der Waals surface area (Å²) in [6, 6.07) is 11.9. The second-order valence-electron chi connectivity index (χ2n) is 9.25. The summed E-state index contributed by atoms with van der Waals surface area (Å²) in [4.78, 5) is 6.63. The van der Waals surface area contributed by atoms with Crippen molar-refractivity contribution >= 4 is 15.7 Å². The van der Waals surface area contributed by atoms with E-state index in [0.717, 1.165) is 12.2 Å². The fourth-order valence-corrected chi connectivity index (χ4v) is 6.12. The lowest BCUT2D eigenvalue weighted by Gasteiger charge is -2.34.